The molecule has 2 aromatic carbocycles. The molecule has 0 unspecified atom stereocenters. The Morgan fingerprint density at radius 2 is 1.92 bits per heavy atom. The van der Waals surface area contributed by atoms with Crippen LogP contribution >= 0.6 is 11.3 Å². The van der Waals surface area contributed by atoms with E-state index in [1.165, 1.54) is 15.6 Å². The van der Waals surface area contributed by atoms with E-state index >= 15 is 0 Å². The van der Waals surface area contributed by atoms with E-state index in [1.807, 2.05) is 24.3 Å². The zero-order valence-corrected chi connectivity index (χ0v) is 14.7. The fraction of sp³-hybridized carbons (Fsp3) is 0.235. The number of hydrogen-bond donors (Lipinski definition) is 0. The van der Waals surface area contributed by atoms with Gasteiger partial charge >= 0.3 is 0 Å². The van der Waals surface area contributed by atoms with Gasteiger partial charge < -0.3 is 0 Å². The van der Waals surface area contributed by atoms with Gasteiger partial charge in [-0.3, -0.25) is 0 Å². The number of sulfonamides is 1. The Balaban J connectivity index is 1.74. The molecule has 0 radical (unpaired) electrons. The summed E-state index contributed by atoms with van der Waals surface area (Å²) in [5.41, 5.74) is 0.833. The highest BCUT2D eigenvalue weighted by molar-refractivity contribution is 7.89. The molecule has 25 heavy (non-hydrogen) atoms. The van der Waals surface area contributed by atoms with Crippen LogP contribution < -0.4 is 0 Å². The van der Waals surface area contributed by atoms with Crippen LogP contribution in [0.25, 0.3) is 10.2 Å². The molecule has 1 aliphatic rings. The zero-order valence-electron chi connectivity index (χ0n) is 13.0. The highest BCUT2D eigenvalue weighted by Gasteiger charge is 2.38. The monoisotopic (exact) mass is 380 g/mol. The van der Waals surface area contributed by atoms with Crippen molar-refractivity contribution in [3.05, 3.63) is 59.1 Å². The van der Waals surface area contributed by atoms with E-state index < -0.39 is 21.7 Å². The molecule has 130 valence electrons. The second-order valence-electron chi connectivity index (χ2n) is 5.87. The number of benzene rings is 2. The molecule has 0 bridgehead atoms. The lowest BCUT2D eigenvalue weighted by atomic mass is 10.2. The van der Waals surface area contributed by atoms with E-state index in [2.05, 4.69) is 4.98 Å². The van der Waals surface area contributed by atoms with Gasteiger partial charge in [0.15, 0.2) is 11.6 Å². The molecule has 0 aliphatic carbocycles. The zero-order chi connectivity index (χ0) is 17.6. The Labute approximate surface area is 147 Å². The summed E-state index contributed by atoms with van der Waals surface area (Å²) >= 11 is 1.46. The number of nitrogens with zero attached hydrogens (tertiary/aromatic N) is 2. The third-order valence-electron chi connectivity index (χ3n) is 4.30. The van der Waals surface area contributed by atoms with Crippen LogP contribution in [0.3, 0.4) is 0 Å². The number of halogens is 2. The Morgan fingerprint density at radius 3 is 2.68 bits per heavy atom. The second kappa shape index (κ2) is 6.12. The molecule has 1 saturated heterocycles. The van der Waals surface area contributed by atoms with Crippen molar-refractivity contribution >= 4 is 31.6 Å². The Kier molecular flexibility index (Phi) is 4.05. The van der Waals surface area contributed by atoms with E-state index in [4.69, 9.17) is 0 Å². The molecular formula is C17H14F2N2O2S2. The van der Waals surface area contributed by atoms with Crippen molar-refractivity contribution in [1.82, 2.24) is 9.29 Å². The molecule has 8 heteroatoms. The van der Waals surface area contributed by atoms with Gasteiger partial charge in [-0.2, -0.15) is 4.31 Å². The van der Waals surface area contributed by atoms with Crippen LogP contribution in [0.5, 0.6) is 0 Å². The highest BCUT2D eigenvalue weighted by Crippen LogP contribution is 2.39. The van der Waals surface area contributed by atoms with E-state index in [0.29, 0.717) is 19.4 Å². The van der Waals surface area contributed by atoms with Crippen molar-refractivity contribution in [2.75, 3.05) is 6.54 Å². The van der Waals surface area contributed by atoms with Crippen molar-refractivity contribution in [3.63, 3.8) is 0 Å². The van der Waals surface area contributed by atoms with Crippen molar-refractivity contribution in [1.29, 1.82) is 0 Å². The summed E-state index contributed by atoms with van der Waals surface area (Å²) in [6.07, 6.45) is 1.35. The molecule has 1 aliphatic heterocycles. The summed E-state index contributed by atoms with van der Waals surface area (Å²) in [6, 6.07) is 9.92. The van der Waals surface area contributed by atoms with Gasteiger partial charge in [0.05, 0.1) is 21.2 Å². The summed E-state index contributed by atoms with van der Waals surface area (Å²) in [4.78, 5) is 4.33. The second-order valence-corrected chi connectivity index (χ2v) is 8.82. The standard InChI is InChI=1S/C17H14F2N2O2S2/c18-12-8-7-11(10-13(12)19)25(22,23)21-9-3-5-15(21)17-20-14-4-1-2-6-16(14)24-17/h1-2,4,6-8,10,15H,3,5,9H2/t15-/m1/s1. The Bertz CT molecular complexity index is 1020. The summed E-state index contributed by atoms with van der Waals surface area (Å²) in [7, 11) is -3.92. The molecule has 4 rings (SSSR count). The molecule has 3 aromatic rings. The van der Waals surface area contributed by atoms with Gasteiger partial charge in [0.2, 0.25) is 10.0 Å². The minimum absolute atomic E-state index is 0.237. The fourth-order valence-corrected chi connectivity index (χ4v) is 5.93. The fourth-order valence-electron chi connectivity index (χ4n) is 3.08. The normalized spacial score (nSPS) is 18.9. The van der Waals surface area contributed by atoms with Crippen LogP contribution in [0, 0.1) is 11.6 Å². The molecular weight excluding hydrogens is 366 g/mol. The number of hydrogen-bond acceptors (Lipinski definition) is 4. The van der Waals surface area contributed by atoms with Crippen molar-refractivity contribution in [3.8, 4) is 0 Å². The van der Waals surface area contributed by atoms with E-state index in [9.17, 15) is 17.2 Å². The first-order valence-electron chi connectivity index (χ1n) is 7.79. The predicted octanol–water partition coefficient (Wildman–Crippen LogP) is 4.10. The summed E-state index contributed by atoms with van der Waals surface area (Å²) < 4.78 is 54.8. The van der Waals surface area contributed by atoms with Gasteiger partial charge in [-0.25, -0.2) is 22.2 Å². The van der Waals surface area contributed by atoms with Crippen LogP contribution in [0.4, 0.5) is 8.78 Å². The SMILES string of the molecule is O=S(=O)(c1ccc(F)c(F)c1)N1CCC[C@@H]1c1nc2ccccc2s1. The first-order chi connectivity index (χ1) is 12.0. The number of aromatic nitrogens is 1. The average molecular weight is 380 g/mol. The maximum absolute atomic E-state index is 13.5. The molecule has 0 N–H and O–H groups in total. The van der Waals surface area contributed by atoms with Crippen molar-refractivity contribution < 1.29 is 17.2 Å². The lowest BCUT2D eigenvalue weighted by Gasteiger charge is -2.22. The van der Waals surface area contributed by atoms with Gasteiger partial charge in [0, 0.05) is 6.54 Å². The Hall–Kier alpha value is -1.90. The molecule has 2 heterocycles. The van der Waals surface area contributed by atoms with Crippen LogP contribution in [0.1, 0.15) is 23.9 Å². The van der Waals surface area contributed by atoms with Crippen LogP contribution in [-0.4, -0.2) is 24.3 Å². The first kappa shape index (κ1) is 16.6. The number of fused-ring (bicyclic) bond motifs is 1. The van der Waals surface area contributed by atoms with Gasteiger partial charge in [-0.1, -0.05) is 12.1 Å². The summed E-state index contributed by atoms with van der Waals surface area (Å²) in [5.74, 6) is -2.24. The number of rotatable bonds is 3. The molecule has 0 amide bonds. The average Bonchev–Trinajstić information content (AvgIpc) is 3.23. The lowest BCUT2D eigenvalue weighted by Crippen LogP contribution is -2.30. The maximum atomic E-state index is 13.5. The van der Waals surface area contributed by atoms with Crippen LogP contribution in [-0.2, 0) is 10.0 Å². The minimum Gasteiger partial charge on any atom is -0.239 e. The smallest absolute Gasteiger partial charge is 0.239 e. The molecule has 4 nitrogen and oxygen atoms in total. The van der Waals surface area contributed by atoms with E-state index in [0.717, 1.165) is 33.4 Å². The molecule has 1 atom stereocenters. The maximum Gasteiger partial charge on any atom is 0.243 e. The predicted molar refractivity (Wildman–Crippen MR) is 91.8 cm³/mol. The van der Waals surface area contributed by atoms with Gasteiger partial charge in [-0.15, -0.1) is 11.3 Å². The van der Waals surface area contributed by atoms with E-state index in [-0.39, 0.29) is 10.9 Å². The summed E-state index contributed by atoms with van der Waals surface area (Å²) in [5, 5.41) is 0.727. The molecule has 0 spiro atoms. The van der Waals surface area contributed by atoms with Gasteiger partial charge in [0.1, 0.15) is 5.01 Å². The third kappa shape index (κ3) is 2.84. The van der Waals surface area contributed by atoms with Crippen LogP contribution in [0.2, 0.25) is 0 Å². The largest absolute Gasteiger partial charge is 0.243 e. The number of thiazole rings is 1. The third-order valence-corrected chi connectivity index (χ3v) is 7.34. The number of para-hydroxylation sites is 1. The highest BCUT2D eigenvalue weighted by atomic mass is 32.2. The van der Waals surface area contributed by atoms with Crippen molar-refractivity contribution in [2.45, 2.75) is 23.8 Å². The van der Waals surface area contributed by atoms with E-state index in [1.54, 1.807) is 0 Å². The molecule has 1 fully saturated rings. The molecule has 1 aromatic heterocycles. The van der Waals surface area contributed by atoms with Crippen LogP contribution in [0.15, 0.2) is 47.4 Å². The minimum atomic E-state index is -3.92. The Morgan fingerprint density at radius 1 is 1.12 bits per heavy atom. The quantitative estimate of drug-likeness (QED) is 0.687. The van der Waals surface area contributed by atoms with Gasteiger partial charge in [0.25, 0.3) is 0 Å². The van der Waals surface area contributed by atoms with Crippen molar-refractivity contribution in [2.24, 2.45) is 0 Å². The molecule has 0 saturated carbocycles. The van der Waals surface area contributed by atoms with Gasteiger partial charge in [-0.05, 0) is 43.2 Å². The summed E-state index contributed by atoms with van der Waals surface area (Å²) in [6.45, 7) is 0.335. The first-order valence-corrected chi connectivity index (χ1v) is 10.0. The lowest BCUT2D eigenvalue weighted by molar-refractivity contribution is 0.395. The topological polar surface area (TPSA) is 50.3 Å².